The zero-order valence-corrected chi connectivity index (χ0v) is 15.2. The van der Waals surface area contributed by atoms with Gasteiger partial charge in [-0.25, -0.2) is 9.37 Å². The predicted octanol–water partition coefficient (Wildman–Crippen LogP) is 4.93. The molecule has 1 aromatic heterocycles. The maximum absolute atomic E-state index is 13.9. The molecule has 0 unspecified atom stereocenters. The Morgan fingerprint density at radius 1 is 1.12 bits per heavy atom. The van der Waals surface area contributed by atoms with Gasteiger partial charge in [0.25, 0.3) is 0 Å². The van der Waals surface area contributed by atoms with Crippen LogP contribution in [0.3, 0.4) is 0 Å². The van der Waals surface area contributed by atoms with Crippen molar-refractivity contribution in [2.24, 2.45) is 0 Å². The van der Waals surface area contributed by atoms with Gasteiger partial charge in [-0.3, -0.25) is 0 Å². The van der Waals surface area contributed by atoms with E-state index in [4.69, 9.17) is 4.74 Å². The lowest BCUT2D eigenvalue weighted by Gasteiger charge is -2.17. The fourth-order valence-corrected chi connectivity index (χ4v) is 4.11. The molecule has 134 valence electrons. The molecule has 0 spiro atoms. The monoisotopic (exact) mass is 370 g/mol. The Bertz CT molecular complexity index is 918. The molecule has 4 nitrogen and oxygen atoms in total. The summed E-state index contributed by atoms with van der Waals surface area (Å²) >= 11 is 1.48. The quantitative estimate of drug-likeness (QED) is 0.707. The number of anilines is 1. The summed E-state index contributed by atoms with van der Waals surface area (Å²) in [6, 6.07) is 11.4. The molecule has 4 rings (SSSR count). The van der Waals surface area contributed by atoms with Gasteiger partial charge in [0, 0.05) is 30.5 Å². The van der Waals surface area contributed by atoms with E-state index in [-0.39, 0.29) is 5.75 Å². The first-order chi connectivity index (χ1) is 12.7. The molecule has 1 aliphatic rings. The molecule has 0 radical (unpaired) electrons. The molecule has 1 fully saturated rings. The summed E-state index contributed by atoms with van der Waals surface area (Å²) in [5.41, 5.74) is 2.92. The van der Waals surface area contributed by atoms with Crippen molar-refractivity contribution in [2.45, 2.75) is 12.8 Å². The molecule has 0 amide bonds. The second-order valence-corrected chi connectivity index (χ2v) is 7.31. The van der Waals surface area contributed by atoms with Gasteiger partial charge >= 0.3 is 0 Å². The minimum atomic E-state index is -0.717. The van der Waals surface area contributed by atoms with Gasteiger partial charge in [0.05, 0.1) is 12.0 Å². The van der Waals surface area contributed by atoms with E-state index >= 15 is 0 Å². The Balaban J connectivity index is 1.61. The van der Waals surface area contributed by atoms with Crippen molar-refractivity contribution in [2.75, 3.05) is 25.1 Å². The summed E-state index contributed by atoms with van der Waals surface area (Å²) in [6.07, 6.45) is 4.31. The van der Waals surface area contributed by atoms with Gasteiger partial charge in [-0.1, -0.05) is 12.1 Å². The van der Waals surface area contributed by atoms with Crippen LogP contribution in [0.15, 0.2) is 42.6 Å². The summed E-state index contributed by atoms with van der Waals surface area (Å²) in [7, 11) is 1.40. The molecule has 2 heterocycles. The highest BCUT2D eigenvalue weighted by Crippen LogP contribution is 2.38. The second kappa shape index (κ2) is 6.96. The number of methoxy groups -OCH3 is 1. The third-order valence-electron chi connectivity index (χ3n) is 4.62. The molecule has 0 atom stereocenters. The number of nitrogens with zero attached hydrogens (tertiary/aromatic N) is 2. The standard InChI is InChI=1S/C20H19FN2O2S/c1-25-17-11-14(10-16(21)19(17)24)20-22-12-18(26-20)13-4-6-15(7-5-13)23-8-2-3-9-23/h4-7,10-12,24H,2-3,8-9H2,1H3. The minimum absolute atomic E-state index is 0.103. The molecule has 26 heavy (non-hydrogen) atoms. The molecule has 1 N–H and O–H groups in total. The predicted molar refractivity (Wildman–Crippen MR) is 103 cm³/mol. The van der Waals surface area contributed by atoms with Crippen LogP contribution in [0.4, 0.5) is 10.1 Å². The van der Waals surface area contributed by atoms with Crippen molar-refractivity contribution in [3.63, 3.8) is 0 Å². The normalized spacial score (nSPS) is 14.0. The maximum Gasteiger partial charge on any atom is 0.194 e. The summed E-state index contributed by atoms with van der Waals surface area (Å²) in [4.78, 5) is 7.82. The number of thiazole rings is 1. The molecule has 1 aliphatic heterocycles. The van der Waals surface area contributed by atoms with Crippen molar-refractivity contribution in [1.82, 2.24) is 4.98 Å². The third kappa shape index (κ3) is 3.12. The molecule has 1 saturated heterocycles. The molecule has 0 bridgehead atoms. The van der Waals surface area contributed by atoms with Crippen LogP contribution < -0.4 is 9.64 Å². The summed E-state index contributed by atoms with van der Waals surface area (Å²) in [6.45, 7) is 2.25. The lowest BCUT2D eigenvalue weighted by molar-refractivity contribution is 0.357. The Morgan fingerprint density at radius 2 is 1.85 bits per heavy atom. The Morgan fingerprint density at radius 3 is 2.54 bits per heavy atom. The Labute approximate surface area is 155 Å². The number of aromatic nitrogens is 1. The average molecular weight is 370 g/mol. The number of benzene rings is 2. The lowest BCUT2D eigenvalue weighted by Crippen LogP contribution is -2.17. The molecule has 3 aromatic rings. The number of phenols is 1. The van der Waals surface area contributed by atoms with Crippen LogP contribution in [0, 0.1) is 5.82 Å². The van der Waals surface area contributed by atoms with E-state index < -0.39 is 11.6 Å². The van der Waals surface area contributed by atoms with Crippen LogP contribution in [0.5, 0.6) is 11.5 Å². The number of halogens is 1. The number of hydrogen-bond acceptors (Lipinski definition) is 5. The number of aromatic hydroxyl groups is 1. The van der Waals surface area contributed by atoms with Crippen molar-refractivity contribution < 1.29 is 14.2 Å². The first kappa shape index (κ1) is 16.8. The zero-order valence-electron chi connectivity index (χ0n) is 14.4. The molecule has 0 saturated carbocycles. The van der Waals surface area contributed by atoms with E-state index in [2.05, 4.69) is 34.1 Å². The van der Waals surface area contributed by atoms with Crippen LogP contribution >= 0.6 is 11.3 Å². The van der Waals surface area contributed by atoms with Gasteiger partial charge < -0.3 is 14.7 Å². The van der Waals surface area contributed by atoms with Crippen molar-refractivity contribution in [3.8, 4) is 32.5 Å². The van der Waals surface area contributed by atoms with E-state index in [0.717, 1.165) is 23.5 Å². The SMILES string of the molecule is COc1cc(-c2ncc(-c3ccc(N4CCCC4)cc3)s2)cc(F)c1O. The first-order valence-electron chi connectivity index (χ1n) is 8.54. The van der Waals surface area contributed by atoms with Crippen molar-refractivity contribution in [1.29, 1.82) is 0 Å². The van der Waals surface area contributed by atoms with Crippen LogP contribution in [0.25, 0.3) is 21.0 Å². The molecule has 6 heteroatoms. The largest absolute Gasteiger partial charge is 0.502 e. The number of phenolic OH excluding ortho intramolecular Hbond substituents is 1. The van der Waals surface area contributed by atoms with Gasteiger partial charge in [-0.05, 0) is 42.7 Å². The van der Waals surface area contributed by atoms with E-state index in [1.165, 1.54) is 43.0 Å². The van der Waals surface area contributed by atoms with E-state index in [9.17, 15) is 9.50 Å². The van der Waals surface area contributed by atoms with Crippen LogP contribution in [0.2, 0.25) is 0 Å². The fraction of sp³-hybridized carbons (Fsp3) is 0.250. The van der Waals surface area contributed by atoms with E-state index in [0.29, 0.717) is 10.6 Å². The van der Waals surface area contributed by atoms with Crippen molar-refractivity contribution >= 4 is 17.0 Å². The highest BCUT2D eigenvalue weighted by Gasteiger charge is 2.15. The molecular formula is C20H19FN2O2S. The summed E-state index contributed by atoms with van der Waals surface area (Å²) < 4.78 is 18.9. The number of hydrogen-bond donors (Lipinski definition) is 1. The first-order valence-corrected chi connectivity index (χ1v) is 9.35. The highest BCUT2D eigenvalue weighted by atomic mass is 32.1. The molecule has 2 aromatic carbocycles. The summed E-state index contributed by atoms with van der Waals surface area (Å²) in [5.74, 6) is -1.09. The number of ether oxygens (including phenoxy) is 1. The average Bonchev–Trinajstić information content (AvgIpc) is 3.36. The van der Waals surface area contributed by atoms with Crippen LogP contribution in [-0.4, -0.2) is 30.3 Å². The topological polar surface area (TPSA) is 45.6 Å². The Hall–Kier alpha value is -2.60. The van der Waals surface area contributed by atoms with Gasteiger partial charge in [0.2, 0.25) is 0 Å². The number of rotatable bonds is 4. The van der Waals surface area contributed by atoms with Crippen LogP contribution in [0.1, 0.15) is 12.8 Å². The van der Waals surface area contributed by atoms with Gasteiger partial charge in [0.1, 0.15) is 5.01 Å². The smallest absolute Gasteiger partial charge is 0.194 e. The van der Waals surface area contributed by atoms with Gasteiger partial charge in [0.15, 0.2) is 17.3 Å². The molecule has 0 aliphatic carbocycles. The second-order valence-electron chi connectivity index (χ2n) is 6.28. The van der Waals surface area contributed by atoms with Gasteiger partial charge in [-0.2, -0.15) is 0 Å². The third-order valence-corrected chi connectivity index (χ3v) is 5.72. The highest BCUT2D eigenvalue weighted by molar-refractivity contribution is 7.18. The molecular weight excluding hydrogens is 351 g/mol. The fourth-order valence-electron chi connectivity index (χ4n) is 3.21. The maximum atomic E-state index is 13.9. The van der Waals surface area contributed by atoms with E-state index in [1.54, 1.807) is 12.3 Å². The van der Waals surface area contributed by atoms with Crippen LogP contribution in [-0.2, 0) is 0 Å². The van der Waals surface area contributed by atoms with E-state index in [1.807, 2.05) is 0 Å². The lowest BCUT2D eigenvalue weighted by atomic mass is 10.2. The van der Waals surface area contributed by atoms with Gasteiger partial charge in [-0.15, -0.1) is 11.3 Å². The summed E-state index contributed by atoms with van der Waals surface area (Å²) in [5, 5.41) is 10.3. The minimum Gasteiger partial charge on any atom is -0.502 e. The van der Waals surface area contributed by atoms with Crippen molar-refractivity contribution in [3.05, 3.63) is 48.4 Å². The zero-order chi connectivity index (χ0) is 18.1. The Kier molecular flexibility index (Phi) is 4.51.